The maximum Gasteiger partial charge on any atom is 0.255 e. The molecule has 1 aliphatic rings. The van der Waals surface area contributed by atoms with Crippen molar-refractivity contribution in [2.24, 2.45) is 0 Å². The Hall–Kier alpha value is -2.29. The second-order valence-corrected chi connectivity index (χ2v) is 9.79. The summed E-state index contributed by atoms with van der Waals surface area (Å²) in [6.45, 7) is 1.24. The van der Waals surface area contributed by atoms with Crippen molar-refractivity contribution >= 4 is 27.5 Å². The average molecular weight is 467 g/mol. The molecule has 0 spiro atoms. The Morgan fingerprint density at radius 1 is 1.06 bits per heavy atom. The highest BCUT2D eigenvalue weighted by molar-refractivity contribution is 7.89. The van der Waals surface area contributed by atoms with Gasteiger partial charge in [-0.3, -0.25) is 4.79 Å². The first kappa shape index (κ1) is 23.4. The third kappa shape index (κ3) is 5.14. The molecule has 0 saturated carbocycles. The van der Waals surface area contributed by atoms with Gasteiger partial charge in [-0.25, -0.2) is 8.42 Å². The van der Waals surface area contributed by atoms with E-state index in [1.165, 1.54) is 27.4 Å². The second-order valence-electron chi connectivity index (χ2n) is 7.45. The number of piperidine rings is 1. The van der Waals surface area contributed by atoms with Gasteiger partial charge in [0.15, 0.2) is 0 Å². The quantitative estimate of drug-likeness (QED) is 0.620. The van der Waals surface area contributed by atoms with Gasteiger partial charge in [-0.2, -0.15) is 4.31 Å². The van der Waals surface area contributed by atoms with Crippen molar-refractivity contribution in [1.29, 1.82) is 0 Å². The number of nitrogens with zero attached hydrogens (tertiary/aromatic N) is 2. The molecule has 9 heteroatoms. The largest absolute Gasteiger partial charge is 0.497 e. The zero-order valence-electron chi connectivity index (χ0n) is 17.9. The van der Waals surface area contributed by atoms with Crippen LogP contribution in [-0.2, 0) is 16.6 Å². The van der Waals surface area contributed by atoms with Gasteiger partial charge < -0.3 is 14.4 Å². The number of carbonyl (C=O) groups excluding carboxylic acids is 1. The maximum atomic E-state index is 13.1. The maximum absolute atomic E-state index is 13.1. The van der Waals surface area contributed by atoms with E-state index in [2.05, 4.69) is 0 Å². The summed E-state index contributed by atoms with van der Waals surface area (Å²) in [6.07, 6.45) is 2.70. The number of carbonyl (C=O) groups is 1. The molecule has 1 heterocycles. The third-order valence-electron chi connectivity index (χ3n) is 5.37. The zero-order chi connectivity index (χ0) is 22.6. The highest BCUT2D eigenvalue weighted by Gasteiger charge is 2.28. The fourth-order valence-electron chi connectivity index (χ4n) is 3.60. The summed E-state index contributed by atoms with van der Waals surface area (Å²) in [5.74, 6) is 0.860. The van der Waals surface area contributed by atoms with E-state index in [4.69, 9.17) is 21.1 Å². The lowest BCUT2D eigenvalue weighted by Crippen LogP contribution is -2.35. The number of halogens is 1. The van der Waals surface area contributed by atoms with Gasteiger partial charge in [-0.05, 0) is 43.2 Å². The van der Waals surface area contributed by atoms with Crippen LogP contribution < -0.4 is 9.47 Å². The Bertz CT molecular complexity index is 1050. The van der Waals surface area contributed by atoms with E-state index in [-0.39, 0.29) is 27.9 Å². The van der Waals surface area contributed by atoms with Crippen LogP contribution in [0.1, 0.15) is 35.2 Å². The highest BCUT2D eigenvalue weighted by Crippen LogP contribution is 2.28. The average Bonchev–Trinajstić information content (AvgIpc) is 2.79. The summed E-state index contributed by atoms with van der Waals surface area (Å²) in [7, 11) is 1.08. The molecule has 168 valence electrons. The number of benzene rings is 2. The number of hydrogen-bond donors (Lipinski definition) is 0. The highest BCUT2D eigenvalue weighted by atomic mass is 35.5. The van der Waals surface area contributed by atoms with Crippen molar-refractivity contribution in [3.63, 3.8) is 0 Å². The van der Waals surface area contributed by atoms with Crippen molar-refractivity contribution in [3.05, 3.63) is 52.5 Å². The van der Waals surface area contributed by atoms with E-state index in [0.717, 1.165) is 24.8 Å². The van der Waals surface area contributed by atoms with Gasteiger partial charge in [0.1, 0.15) is 11.5 Å². The molecule has 1 saturated heterocycles. The van der Waals surface area contributed by atoms with Crippen molar-refractivity contribution in [2.45, 2.75) is 30.7 Å². The fraction of sp³-hybridized carbons (Fsp3) is 0.409. The van der Waals surface area contributed by atoms with Crippen molar-refractivity contribution in [2.75, 3.05) is 34.4 Å². The van der Waals surface area contributed by atoms with Crippen LogP contribution in [0.15, 0.2) is 41.3 Å². The van der Waals surface area contributed by atoms with Crippen LogP contribution in [0, 0.1) is 0 Å². The summed E-state index contributed by atoms with van der Waals surface area (Å²) in [5.41, 5.74) is 0.932. The predicted octanol–water partition coefficient (Wildman–Crippen LogP) is 3.80. The zero-order valence-corrected chi connectivity index (χ0v) is 19.5. The summed E-state index contributed by atoms with van der Waals surface area (Å²) >= 11 is 6.27. The third-order valence-corrected chi connectivity index (χ3v) is 7.59. The van der Waals surface area contributed by atoms with Gasteiger partial charge in [0.2, 0.25) is 10.0 Å². The van der Waals surface area contributed by atoms with E-state index in [9.17, 15) is 13.2 Å². The monoisotopic (exact) mass is 466 g/mol. The lowest BCUT2D eigenvalue weighted by molar-refractivity contribution is 0.0784. The van der Waals surface area contributed by atoms with Gasteiger partial charge >= 0.3 is 0 Å². The fourth-order valence-corrected chi connectivity index (χ4v) is 5.34. The minimum atomic E-state index is -3.67. The molecule has 0 atom stereocenters. The van der Waals surface area contributed by atoms with E-state index < -0.39 is 10.0 Å². The molecule has 3 rings (SSSR count). The number of rotatable bonds is 7. The standard InChI is InChI=1S/C22H27ClN2O5S/c1-24(15-16-7-8-17(29-2)13-21(16)30-3)22(26)19-14-18(9-10-20(19)23)31(27,28)25-11-5-4-6-12-25/h7-10,13-14H,4-6,11-12,15H2,1-3H3. The van der Waals surface area contributed by atoms with Crippen LogP contribution in [0.3, 0.4) is 0 Å². The van der Waals surface area contributed by atoms with Gasteiger partial charge in [-0.15, -0.1) is 0 Å². The normalized spacial score (nSPS) is 14.8. The molecule has 1 aliphatic heterocycles. The van der Waals surface area contributed by atoms with Gasteiger partial charge in [0.05, 0.1) is 29.7 Å². The molecule has 1 fully saturated rings. The Kier molecular flexibility index (Phi) is 7.46. The Balaban J connectivity index is 1.85. The van der Waals surface area contributed by atoms with Crippen molar-refractivity contribution in [3.8, 4) is 11.5 Å². The van der Waals surface area contributed by atoms with E-state index in [1.807, 2.05) is 6.07 Å². The molecule has 0 aliphatic carbocycles. The number of sulfonamides is 1. The summed E-state index contributed by atoms with van der Waals surface area (Å²) in [6, 6.07) is 9.64. The first-order valence-electron chi connectivity index (χ1n) is 10.0. The van der Waals surface area contributed by atoms with Crippen LogP contribution in [0.4, 0.5) is 0 Å². The van der Waals surface area contributed by atoms with Crippen LogP contribution in [0.5, 0.6) is 11.5 Å². The van der Waals surface area contributed by atoms with Crippen molar-refractivity contribution < 1.29 is 22.7 Å². The molecule has 2 aromatic rings. The van der Waals surface area contributed by atoms with E-state index >= 15 is 0 Å². The molecule has 7 nitrogen and oxygen atoms in total. The smallest absolute Gasteiger partial charge is 0.255 e. The first-order valence-corrected chi connectivity index (χ1v) is 11.9. The summed E-state index contributed by atoms with van der Waals surface area (Å²) < 4.78 is 38.1. The number of amides is 1. The lowest BCUT2D eigenvalue weighted by atomic mass is 10.1. The van der Waals surface area contributed by atoms with E-state index in [1.54, 1.807) is 33.4 Å². The molecule has 0 N–H and O–H groups in total. The molecular weight excluding hydrogens is 440 g/mol. The summed E-state index contributed by atoms with van der Waals surface area (Å²) in [5, 5.41) is 0.205. The van der Waals surface area contributed by atoms with Crippen LogP contribution in [0.25, 0.3) is 0 Å². The van der Waals surface area contributed by atoms with Crippen molar-refractivity contribution in [1.82, 2.24) is 9.21 Å². The molecule has 2 aromatic carbocycles. The van der Waals surface area contributed by atoms with Gasteiger partial charge in [0, 0.05) is 38.3 Å². The predicted molar refractivity (Wildman–Crippen MR) is 119 cm³/mol. The van der Waals surface area contributed by atoms with Gasteiger partial charge in [-0.1, -0.05) is 18.0 Å². The minimum absolute atomic E-state index is 0.0811. The van der Waals surface area contributed by atoms with Crippen LogP contribution in [-0.4, -0.2) is 57.9 Å². The lowest BCUT2D eigenvalue weighted by Gasteiger charge is -2.26. The van der Waals surface area contributed by atoms with Crippen LogP contribution >= 0.6 is 11.6 Å². The molecular formula is C22H27ClN2O5S. The molecule has 31 heavy (non-hydrogen) atoms. The number of methoxy groups -OCH3 is 2. The molecule has 1 amide bonds. The summed E-state index contributed by atoms with van der Waals surface area (Å²) in [4.78, 5) is 14.7. The molecule has 0 bridgehead atoms. The van der Waals surface area contributed by atoms with E-state index in [0.29, 0.717) is 24.6 Å². The molecule has 0 aromatic heterocycles. The molecule has 0 unspecified atom stereocenters. The second kappa shape index (κ2) is 9.89. The first-order chi connectivity index (χ1) is 14.8. The Labute approximate surface area is 188 Å². The Morgan fingerprint density at radius 3 is 2.42 bits per heavy atom. The Morgan fingerprint density at radius 2 is 1.77 bits per heavy atom. The SMILES string of the molecule is COc1ccc(CN(C)C(=O)c2cc(S(=O)(=O)N3CCCCC3)ccc2Cl)c(OC)c1. The van der Waals surface area contributed by atoms with Gasteiger partial charge in [0.25, 0.3) is 5.91 Å². The molecule has 0 radical (unpaired) electrons. The number of hydrogen-bond acceptors (Lipinski definition) is 5. The van der Waals surface area contributed by atoms with Crippen LogP contribution in [0.2, 0.25) is 5.02 Å². The minimum Gasteiger partial charge on any atom is -0.497 e. The topological polar surface area (TPSA) is 76.2 Å². The number of ether oxygens (including phenoxy) is 2.